The smallest absolute Gasteiger partial charge is 0.164 e. The molecule has 0 aliphatic heterocycles. The van der Waals surface area contributed by atoms with Gasteiger partial charge >= 0.3 is 0 Å². The van der Waals surface area contributed by atoms with E-state index in [9.17, 15) is 0 Å². The van der Waals surface area contributed by atoms with Gasteiger partial charge in [-0.25, -0.2) is 19.9 Å². The molecular weight excluding hydrogens is 801 g/mol. The standard InChI is InChI=1S/C62H40N4/c1-3-13-41(14-4-1)43-27-33-47(34-28-43)60-64-61(48-35-29-44(30-36-48)42-15-5-2-6-16-42)66-62(65-60)54-22-12-21-51(38-54)50-20-11-19-49(37-50)45-25-31-46(32-26-45)59-57-40-53-18-8-7-17-52(53)39-56(57)55-23-9-10-24-58(55)63-59/h1-40H. The van der Waals surface area contributed by atoms with E-state index in [4.69, 9.17) is 19.9 Å². The van der Waals surface area contributed by atoms with Crippen LogP contribution in [0.4, 0.5) is 0 Å². The first-order valence-corrected chi connectivity index (χ1v) is 22.3. The number of rotatable bonds is 8. The first-order valence-electron chi connectivity index (χ1n) is 22.3. The van der Waals surface area contributed by atoms with Gasteiger partial charge in [-0.1, -0.05) is 212 Å². The Morgan fingerprint density at radius 1 is 0.197 bits per heavy atom. The molecule has 0 aliphatic rings. The van der Waals surface area contributed by atoms with Gasteiger partial charge in [0.2, 0.25) is 0 Å². The fourth-order valence-corrected chi connectivity index (χ4v) is 9.04. The molecule has 0 saturated carbocycles. The van der Waals surface area contributed by atoms with Crippen LogP contribution in [-0.2, 0) is 0 Å². The normalized spacial score (nSPS) is 11.3. The minimum Gasteiger partial charge on any atom is -0.247 e. The number of pyridine rings is 1. The molecule has 0 aliphatic carbocycles. The topological polar surface area (TPSA) is 51.6 Å². The first kappa shape index (κ1) is 38.8. The highest BCUT2D eigenvalue weighted by molar-refractivity contribution is 6.15. The Bertz CT molecular complexity index is 3610. The van der Waals surface area contributed by atoms with Gasteiger partial charge in [-0.15, -0.1) is 0 Å². The van der Waals surface area contributed by atoms with Crippen LogP contribution in [0.15, 0.2) is 243 Å². The molecule has 12 aromatic rings. The summed E-state index contributed by atoms with van der Waals surface area (Å²) in [5.74, 6) is 1.86. The van der Waals surface area contributed by atoms with Gasteiger partial charge in [-0.05, 0) is 91.0 Å². The summed E-state index contributed by atoms with van der Waals surface area (Å²) in [5.41, 5.74) is 14.9. The highest BCUT2D eigenvalue weighted by atomic mass is 15.0. The van der Waals surface area contributed by atoms with Gasteiger partial charge < -0.3 is 0 Å². The number of nitrogens with zero attached hydrogens (tertiary/aromatic N) is 4. The molecule has 66 heavy (non-hydrogen) atoms. The number of benzene rings is 10. The summed E-state index contributed by atoms with van der Waals surface area (Å²) < 4.78 is 0. The van der Waals surface area contributed by atoms with Crippen molar-refractivity contribution in [2.24, 2.45) is 0 Å². The van der Waals surface area contributed by atoms with Gasteiger partial charge in [0.25, 0.3) is 0 Å². The molecule has 12 rings (SSSR count). The predicted molar refractivity (Wildman–Crippen MR) is 274 cm³/mol. The van der Waals surface area contributed by atoms with Gasteiger partial charge in [-0.3, -0.25) is 0 Å². The van der Waals surface area contributed by atoms with Crippen molar-refractivity contribution >= 4 is 32.4 Å². The molecule has 4 nitrogen and oxygen atoms in total. The molecule has 0 fully saturated rings. The van der Waals surface area contributed by atoms with Crippen molar-refractivity contribution in [2.75, 3.05) is 0 Å². The summed E-state index contributed by atoms with van der Waals surface area (Å²) in [6.07, 6.45) is 0. The van der Waals surface area contributed by atoms with E-state index in [1.165, 1.54) is 32.7 Å². The second kappa shape index (κ2) is 16.7. The Morgan fingerprint density at radius 3 is 1.12 bits per heavy atom. The maximum atomic E-state index is 5.23. The van der Waals surface area contributed by atoms with Gasteiger partial charge in [0, 0.05) is 33.0 Å². The lowest BCUT2D eigenvalue weighted by molar-refractivity contribution is 1.07. The molecule has 4 heteroatoms. The second-order valence-corrected chi connectivity index (χ2v) is 16.7. The van der Waals surface area contributed by atoms with Crippen LogP contribution in [0, 0.1) is 0 Å². The molecule has 0 saturated heterocycles. The van der Waals surface area contributed by atoms with Gasteiger partial charge in [0.1, 0.15) is 0 Å². The van der Waals surface area contributed by atoms with Gasteiger partial charge in [-0.2, -0.15) is 0 Å². The molecule has 10 aromatic carbocycles. The fourth-order valence-electron chi connectivity index (χ4n) is 9.04. The zero-order valence-electron chi connectivity index (χ0n) is 35.9. The largest absolute Gasteiger partial charge is 0.247 e. The maximum absolute atomic E-state index is 5.23. The minimum atomic E-state index is 0.616. The van der Waals surface area contributed by atoms with Gasteiger partial charge in [0.05, 0.1) is 11.2 Å². The number of hydrogen-bond acceptors (Lipinski definition) is 4. The number of para-hydroxylation sites is 1. The summed E-state index contributed by atoms with van der Waals surface area (Å²) in [7, 11) is 0. The quantitative estimate of drug-likeness (QED) is 0.113. The van der Waals surface area contributed by atoms with Crippen LogP contribution >= 0.6 is 0 Å². The molecule has 0 atom stereocenters. The highest BCUT2D eigenvalue weighted by Crippen LogP contribution is 2.37. The molecule has 0 radical (unpaired) electrons. The van der Waals surface area contributed by atoms with Crippen LogP contribution < -0.4 is 0 Å². The lowest BCUT2D eigenvalue weighted by atomic mass is 9.95. The second-order valence-electron chi connectivity index (χ2n) is 16.7. The van der Waals surface area contributed by atoms with Crippen LogP contribution in [0.2, 0.25) is 0 Å². The van der Waals surface area contributed by atoms with E-state index in [1.807, 2.05) is 12.1 Å². The van der Waals surface area contributed by atoms with Crippen LogP contribution in [0.1, 0.15) is 0 Å². The Balaban J connectivity index is 0.888. The van der Waals surface area contributed by atoms with Crippen LogP contribution in [0.3, 0.4) is 0 Å². The third-order valence-electron chi connectivity index (χ3n) is 12.5. The molecule has 308 valence electrons. The minimum absolute atomic E-state index is 0.616. The lowest BCUT2D eigenvalue weighted by Gasteiger charge is -2.13. The van der Waals surface area contributed by atoms with Crippen molar-refractivity contribution in [2.45, 2.75) is 0 Å². The maximum Gasteiger partial charge on any atom is 0.164 e. The molecule has 0 bridgehead atoms. The summed E-state index contributed by atoms with van der Waals surface area (Å²) in [5, 5.41) is 5.97. The van der Waals surface area contributed by atoms with E-state index in [1.54, 1.807) is 0 Å². The van der Waals surface area contributed by atoms with Crippen molar-refractivity contribution in [3.8, 4) is 89.9 Å². The molecule has 0 N–H and O–H groups in total. The molecule has 0 spiro atoms. The zero-order chi connectivity index (χ0) is 43.8. The molecule has 2 aromatic heterocycles. The Hall–Kier alpha value is -8.86. The van der Waals surface area contributed by atoms with E-state index < -0.39 is 0 Å². The van der Waals surface area contributed by atoms with E-state index in [-0.39, 0.29) is 0 Å². The highest BCUT2D eigenvalue weighted by Gasteiger charge is 2.16. The molecule has 0 unspecified atom stereocenters. The SMILES string of the molecule is c1ccc(-c2ccc(-c3nc(-c4ccc(-c5ccccc5)cc4)nc(-c4cccc(-c5cccc(-c6ccc(-c7nc8ccccc8c8cc9ccccc9cc78)cc6)c5)c4)n3)cc2)cc1. The molecule has 2 heterocycles. The number of fused-ring (bicyclic) bond motifs is 4. The average molecular weight is 841 g/mol. The van der Waals surface area contributed by atoms with Crippen molar-refractivity contribution in [3.05, 3.63) is 243 Å². The van der Waals surface area contributed by atoms with E-state index >= 15 is 0 Å². The van der Waals surface area contributed by atoms with Crippen molar-refractivity contribution in [1.82, 2.24) is 19.9 Å². The molecular formula is C62H40N4. The number of hydrogen-bond donors (Lipinski definition) is 0. The van der Waals surface area contributed by atoms with Crippen LogP contribution in [0.5, 0.6) is 0 Å². The first-order chi connectivity index (χ1) is 32.7. The van der Waals surface area contributed by atoms with E-state index in [0.717, 1.165) is 72.2 Å². The fraction of sp³-hybridized carbons (Fsp3) is 0. The number of aromatic nitrogens is 4. The monoisotopic (exact) mass is 840 g/mol. The summed E-state index contributed by atoms with van der Waals surface area (Å²) >= 11 is 0. The Labute approximate surface area is 383 Å². The zero-order valence-corrected chi connectivity index (χ0v) is 35.9. The molecule has 0 amide bonds. The third kappa shape index (κ3) is 7.47. The van der Waals surface area contributed by atoms with E-state index in [2.05, 4.69) is 231 Å². The average Bonchev–Trinajstić information content (AvgIpc) is 3.41. The van der Waals surface area contributed by atoms with Crippen LogP contribution in [-0.4, -0.2) is 19.9 Å². The van der Waals surface area contributed by atoms with Crippen molar-refractivity contribution < 1.29 is 0 Å². The summed E-state index contributed by atoms with van der Waals surface area (Å²) in [4.78, 5) is 20.5. The van der Waals surface area contributed by atoms with Crippen molar-refractivity contribution in [1.29, 1.82) is 0 Å². The summed E-state index contributed by atoms with van der Waals surface area (Å²) in [6.45, 7) is 0. The summed E-state index contributed by atoms with van der Waals surface area (Å²) in [6, 6.07) is 85.4. The van der Waals surface area contributed by atoms with E-state index in [0.29, 0.717) is 17.5 Å². The predicted octanol–water partition coefficient (Wildman–Crippen LogP) is 16.1. The van der Waals surface area contributed by atoms with Gasteiger partial charge in [0.15, 0.2) is 17.5 Å². The third-order valence-corrected chi connectivity index (χ3v) is 12.5. The van der Waals surface area contributed by atoms with Crippen LogP contribution in [0.25, 0.3) is 122 Å². The Kier molecular flexibility index (Phi) is 9.81. The van der Waals surface area contributed by atoms with Crippen molar-refractivity contribution in [3.63, 3.8) is 0 Å². The lowest BCUT2D eigenvalue weighted by Crippen LogP contribution is -2.00. The Morgan fingerprint density at radius 2 is 0.561 bits per heavy atom.